The monoisotopic (exact) mass is 270 g/mol. The fraction of sp³-hybridized carbons (Fsp3) is 0.667. The van der Waals surface area contributed by atoms with E-state index in [9.17, 15) is 10.1 Å². The van der Waals surface area contributed by atoms with E-state index in [1.54, 1.807) is 6.07 Å². The molecule has 1 aliphatic rings. The van der Waals surface area contributed by atoms with Crippen molar-refractivity contribution in [2.24, 2.45) is 0 Å². The molecule has 0 aliphatic carbocycles. The molecule has 100 valence electrons. The van der Waals surface area contributed by atoms with Gasteiger partial charge in [0.2, 0.25) is 0 Å². The number of hydrogen-bond acceptors (Lipinski definition) is 5. The predicted molar refractivity (Wildman–Crippen MR) is 70.7 cm³/mol. The molecule has 1 aromatic heterocycles. The molecule has 5 nitrogen and oxygen atoms in total. The number of likely N-dealkylation sites (tertiary alicyclic amines) is 1. The largest absolute Gasteiger partial charge is 0.396 e. The lowest BCUT2D eigenvalue weighted by Crippen LogP contribution is -2.39. The first-order valence-corrected chi connectivity index (χ1v) is 7.15. The lowest BCUT2D eigenvalue weighted by atomic mass is 9.99. The number of aliphatic hydroxyl groups excluding tert-OH is 1. The SMILES string of the molecule is O=[N+]([O-])c1cc(CN2CCCCC2CCO)cs1. The summed E-state index contributed by atoms with van der Waals surface area (Å²) in [6, 6.07) is 2.08. The Labute approximate surface area is 110 Å². The Morgan fingerprint density at radius 3 is 3.06 bits per heavy atom. The molecule has 6 heteroatoms. The highest BCUT2D eigenvalue weighted by Gasteiger charge is 2.22. The molecule has 1 atom stereocenters. The molecule has 0 radical (unpaired) electrons. The molecule has 2 rings (SSSR count). The summed E-state index contributed by atoms with van der Waals surface area (Å²) in [5, 5.41) is 21.8. The molecule has 1 fully saturated rings. The lowest BCUT2D eigenvalue weighted by molar-refractivity contribution is -0.380. The Morgan fingerprint density at radius 2 is 2.39 bits per heavy atom. The Hall–Kier alpha value is -0.980. The first-order chi connectivity index (χ1) is 8.70. The molecule has 1 aromatic rings. The second-order valence-corrected chi connectivity index (χ2v) is 5.57. The fourth-order valence-electron chi connectivity index (χ4n) is 2.52. The number of nitro groups is 1. The van der Waals surface area contributed by atoms with Crippen molar-refractivity contribution in [3.05, 3.63) is 27.1 Å². The van der Waals surface area contributed by atoms with Crippen LogP contribution in [0, 0.1) is 10.1 Å². The van der Waals surface area contributed by atoms with Crippen LogP contribution in [0.5, 0.6) is 0 Å². The Bertz CT molecular complexity index is 406. The van der Waals surface area contributed by atoms with Crippen LogP contribution in [-0.2, 0) is 6.54 Å². The van der Waals surface area contributed by atoms with Gasteiger partial charge in [-0.2, -0.15) is 0 Å². The van der Waals surface area contributed by atoms with Gasteiger partial charge in [0.15, 0.2) is 0 Å². The molecule has 0 saturated carbocycles. The molecule has 2 heterocycles. The summed E-state index contributed by atoms with van der Waals surface area (Å²) in [4.78, 5) is 12.6. The van der Waals surface area contributed by atoms with Crippen molar-refractivity contribution >= 4 is 16.3 Å². The minimum atomic E-state index is -0.338. The van der Waals surface area contributed by atoms with E-state index in [-0.39, 0.29) is 16.5 Å². The van der Waals surface area contributed by atoms with Crippen LogP contribution in [0.15, 0.2) is 11.4 Å². The molecule has 0 spiro atoms. The minimum Gasteiger partial charge on any atom is -0.396 e. The molecule has 0 amide bonds. The number of rotatable bonds is 5. The maximum absolute atomic E-state index is 10.6. The summed E-state index contributed by atoms with van der Waals surface area (Å²) in [7, 11) is 0. The second kappa shape index (κ2) is 6.26. The number of piperidine rings is 1. The fourth-order valence-corrected chi connectivity index (χ4v) is 3.24. The quantitative estimate of drug-likeness (QED) is 0.659. The zero-order valence-corrected chi connectivity index (χ0v) is 11.1. The molecule has 1 aliphatic heterocycles. The van der Waals surface area contributed by atoms with Crippen molar-refractivity contribution in [2.45, 2.75) is 38.3 Å². The summed E-state index contributed by atoms with van der Waals surface area (Å²) in [6.07, 6.45) is 4.30. The van der Waals surface area contributed by atoms with E-state index in [0.717, 1.165) is 31.5 Å². The van der Waals surface area contributed by atoms with E-state index in [2.05, 4.69) is 4.90 Å². The topological polar surface area (TPSA) is 66.6 Å². The van der Waals surface area contributed by atoms with Crippen LogP contribution >= 0.6 is 11.3 Å². The van der Waals surface area contributed by atoms with Gasteiger partial charge in [-0.3, -0.25) is 15.0 Å². The third-order valence-corrected chi connectivity index (χ3v) is 4.35. The molecule has 1 saturated heterocycles. The highest BCUT2D eigenvalue weighted by molar-refractivity contribution is 7.13. The van der Waals surface area contributed by atoms with Gasteiger partial charge in [0, 0.05) is 30.6 Å². The van der Waals surface area contributed by atoms with Crippen LogP contribution in [0.3, 0.4) is 0 Å². The predicted octanol–water partition coefficient (Wildman–Crippen LogP) is 2.39. The highest BCUT2D eigenvalue weighted by atomic mass is 32.1. The Morgan fingerprint density at radius 1 is 1.56 bits per heavy atom. The zero-order chi connectivity index (χ0) is 13.0. The van der Waals surface area contributed by atoms with E-state index in [4.69, 9.17) is 5.11 Å². The molecule has 0 bridgehead atoms. The van der Waals surface area contributed by atoms with Gasteiger partial charge >= 0.3 is 5.00 Å². The van der Waals surface area contributed by atoms with Gasteiger partial charge in [-0.15, -0.1) is 0 Å². The number of nitrogens with zero attached hydrogens (tertiary/aromatic N) is 2. The van der Waals surface area contributed by atoms with Gasteiger partial charge in [-0.1, -0.05) is 17.8 Å². The van der Waals surface area contributed by atoms with Crippen LogP contribution in [0.2, 0.25) is 0 Å². The average molecular weight is 270 g/mol. The van der Waals surface area contributed by atoms with Gasteiger partial charge in [0.1, 0.15) is 0 Å². The normalized spacial score (nSPS) is 21.1. The van der Waals surface area contributed by atoms with Crippen LogP contribution in [0.25, 0.3) is 0 Å². The van der Waals surface area contributed by atoms with Crippen molar-refractivity contribution in [2.75, 3.05) is 13.2 Å². The average Bonchev–Trinajstić information content (AvgIpc) is 2.81. The van der Waals surface area contributed by atoms with Crippen molar-refractivity contribution in [3.8, 4) is 0 Å². The van der Waals surface area contributed by atoms with Crippen LogP contribution < -0.4 is 0 Å². The molecular weight excluding hydrogens is 252 g/mol. The Balaban J connectivity index is 1.99. The van der Waals surface area contributed by atoms with Crippen LogP contribution in [-0.4, -0.2) is 34.1 Å². The van der Waals surface area contributed by atoms with Gasteiger partial charge in [-0.05, 0) is 31.4 Å². The first kappa shape index (κ1) is 13.5. The molecule has 1 unspecified atom stereocenters. The third-order valence-electron chi connectivity index (χ3n) is 3.42. The second-order valence-electron chi connectivity index (χ2n) is 4.68. The standard InChI is InChI=1S/C12H18N2O3S/c15-6-4-11-3-1-2-5-13(11)8-10-7-12(14(16)17)18-9-10/h7,9,11,15H,1-6,8H2. The van der Waals surface area contributed by atoms with E-state index < -0.39 is 0 Å². The van der Waals surface area contributed by atoms with Gasteiger partial charge < -0.3 is 5.11 Å². The third kappa shape index (κ3) is 3.28. The van der Waals surface area contributed by atoms with Crippen molar-refractivity contribution in [3.63, 3.8) is 0 Å². The maximum Gasteiger partial charge on any atom is 0.324 e. The lowest BCUT2D eigenvalue weighted by Gasteiger charge is -2.35. The van der Waals surface area contributed by atoms with Gasteiger partial charge in [-0.25, -0.2) is 0 Å². The molecule has 18 heavy (non-hydrogen) atoms. The Kier molecular flexibility index (Phi) is 4.68. The van der Waals surface area contributed by atoms with Crippen LogP contribution in [0.4, 0.5) is 5.00 Å². The number of thiophene rings is 1. The van der Waals surface area contributed by atoms with Gasteiger partial charge in [0.05, 0.1) is 4.92 Å². The minimum absolute atomic E-state index is 0.209. The van der Waals surface area contributed by atoms with Crippen molar-refractivity contribution < 1.29 is 10.0 Å². The van der Waals surface area contributed by atoms with Crippen molar-refractivity contribution in [1.82, 2.24) is 4.90 Å². The summed E-state index contributed by atoms with van der Waals surface area (Å²) >= 11 is 1.19. The summed E-state index contributed by atoms with van der Waals surface area (Å²) in [5.74, 6) is 0. The first-order valence-electron chi connectivity index (χ1n) is 6.27. The van der Waals surface area contributed by atoms with E-state index in [0.29, 0.717) is 6.04 Å². The number of aliphatic hydroxyl groups is 1. The zero-order valence-electron chi connectivity index (χ0n) is 10.2. The molecule has 0 aromatic carbocycles. The van der Waals surface area contributed by atoms with Gasteiger partial charge in [0.25, 0.3) is 0 Å². The van der Waals surface area contributed by atoms with E-state index >= 15 is 0 Å². The highest BCUT2D eigenvalue weighted by Crippen LogP contribution is 2.26. The van der Waals surface area contributed by atoms with E-state index in [1.165, 1.54) is 24.2 Å². The smallest absolute Gasteiger partial charge is 0.324 e. The summed E-state index contributed by atoms with van der Waals surface area (Å²) in [5.41, 5.74) is 1.01. The molecule has 1 N–H and O–H groups in total. The summed E-state index contributed by atoms with van der Waals surface area (Å²) < 4.78 is 0. The van der Waals surface area contributed by atoms with Crippen molar-refractivity contribution in [1.29, 1.82) is 0 Å². The van der Waals surface area contributed by atoms with Crippen LogP contribution in [0.1, 0.15) is 31.2 Å². The number of hydrogen-bond donors (Lipinski definition) is 1. The molecular formula is C12H18N2O3S. The summed E-state index contributed by atoms with van der Waals surface area (Å²) in [6.45, 7) is 1.99. The van der Waals surface area contributed by atoms with E-state index in [1.807, 2.05) is 5.38 Å². The maximum atomic E-state index is 10.6.